The summed E-state index contributed by atoms with van der Waals surface area (Å²) in [6, 6.07) is 0. The lowest BCUT2D eigenvalue weighted by atomic mass is 10.8. The van der Waals surface area contributed by atoms with Gasteiger partial charge >= 0.3 is 0 Å². The second-order valence-corrected chi connectivity index (χ2v) is 1.08. The zero-order valence-electron chi connectivity index (χ0n) is 5.14. The Kier molecular flexibility index (Phi) is 12.5. The molecule has 50 valence electrons. The first-order valence-electron chi connectivity index (χ1n) is 2.28. The van der Waals surface area contributed by atoms with Crippen molar-refractivity contribution >= 4 is 5.97 Å². The second-order valence-electron chi connectivity index (χ2n) is 1.08. The number of hydrazine groups is 1. The molecule has 0 rings (SSSR count). The van der Waals surface area contributed by atoms with Crippen molar-refractivity contribution in [1.82, 2.24) is 5.43 Å². The molecule has 0 bridgehead atoms. The standard InChI is InChI=1S/C2H8N2.C2H4O2/c1-2-4-3;1-2(3)4/h4H,2-3H2,1H3;1H3,(H,3,4). The maximum atomic E-state index is 9.00. The van der Waals surface area contributed by atoms with Crippen molar-refractivity contribution in [1.29, 1.82) is 0 Å². The van der Waals surface area contributed by atoms with Gasteiger partial charge < -0.3 is 5.11 Å². The number of nitrogens with two attached hydrogens (primary N) is 1. The zero-order chi connectivity index (χ0) is 6.99. The molecule has 0 aliphatic heterocycles. The Labute approximate surface area is 48.7 Å². The normalized spacial score (nSPS) is 6.88. The Morgan fingerprint density at radius 3 is 2.00 bits per heavy atom. The summed E-state index contributed by atoms with van der Waals surface area (Å²) in [5.74, 6) is 3.94. The minimum absolute atomic E-state index is 0.833. The topological polar surface area (TPSA) is 75.3 Å². The third kappa shape index (κ3) is 683. The van der Waals surface area contributed by atoms with Crippen LogP contribution in [-0.4, -0.2) is 17.6 Å². The molecule has 0 aromatic carbocycles. The van der Waals surface area contributed by atoms with Crippen LogP contribution in [0.3, 0.4) is 0 Å². The molecular formula is C4H12N2O2. The van der Waals surface area contributed by atoms with E-state index in [1.54, 1.807) is 0 Å². The van der Waals surface area contributed by atoms with Gasteiger partial charge in [-0.15, -0.1) is 0 Å². The van der Waals surface area contributed by atoms with Gasteiger partial charge in [0.25, 0.3) is 5.97 Å². The van der Waals surface area contributed by atoms with E-state index in [1.165, 1.54) is 0 Å². The van der Waals surface area contributed by atoms with E-state index in [9.17, 15) is 0 Å². The third-order valence-electron chi connectivity index (χ3n) is 0.204. The van der Waals surface area contributed by atoms with Crippen molar-refractivity contribution in [2.75, 3.05) is 6.54 Å². The first kappa shape index (κ1) is 10.4. The summed E-state index contributed by atoms with van der Waals surface area (Å²) in [5, 5.41) is 7.42. The molecule has 0 aromatic heterocycles. The number of rotatable bonds is 1. The van der Waals surface area contributed by atoms with Crippen LogP contribution in [0.15, 0.2) is 0 Å². The second kappa shape index (κ2) is 9.63. The van der Waals surface area contributed by atoms with Crippen LogP contribution in [-0.2, 0) is 4.79 Å². The van der Waals surface area contributed by atoms with E-state index >= 15 is 0 Å². The van der Waals surface area contributed by atoms with Gasteiger partial charge in [-0.3, -0.25) is 16.1 Å². The van der Waals surface area contributed by atoms with Crippen LogP contribution in [0, 0.1) is 0 Å². The SMILES string of the molecule is CC(=O)O.CCNN. The number of hydrogen-bond acceptors (Lipinski definition) is 3. The maximum absolute atomic E-state index is 9.00. The third-order valence-corrected chi connectivity index (χ3v) is 0.204. The van der Waals surface area contributed by atoms with Crippen LogP contribution < -0.4 is 11.3 Å². The number of hydrogen-bond donors (Lipinski definition) is 3. The van der Waals surface area contributed by atoms with Crippen molar-refractivity contribution in [3.63, 3.8) is 0 Å². The summed E-state index contributed by atoms with van der Waals surface area (Å²) < 4.78 is 0. The monoisotopic (exact) mass is 120 g/mol. The fourth-order valence-corrected chi connectivity index (χ4v) is 0. The molecule has 0 fully saturated rings. The van der Waals surface area contributed by atoms with E-state index in [1.807, 2.05) is 6.92 Å². The predicted molar refractivity (Wildman–Crippen MR) is 31.2 cm³/mol. The van der Waals surface area contributed by atoms with Crippen molar-refractivity contribution in [3.05, 3.63) is 0 Å². The Balaban J connectivity index is 0. The molecule has 0 heterocycles. The molecule has 0 aromatic rings. The van der Waals surface area contributed by atoms with Crippen LogP contribution >= 0.6 is 0 Å². The first-order valence-corrected chi connectivity index (χ1v) is 2.28. The molecule has 4 nitrogen and oxygen atoms in total. The van der Waals surface area contributed by atoms with E-state index < -0.39 is 5.97 Å². The molecule has 0 amide bonds. The minimum atomic E-state index is -0.833. The van der Waals surface area contributed by atoms with E-state index in [4.69, 9.17) is 15.7 Å². The Morgan fingerprint density at radius 2 is 2.00 bits per heavy atom. The van der Waals surface area contributed by atoms with Crippen LogP contribution in [0.4, 0.5) is 0 Å². The van der Waals surface area contributed by atoms with Gasteiger partial charge in [0.1, 0.15) is 0 Å². The van der Waals surface area contributed by atoms with Crippen molar-refractivity contribution in [2.45, 2.75) is 13.8 Å². The van der Waals surface area contributed by atoms with Gasteiger partial charge in [0, 0.05) is 13.5 Å². The van der Waals surface area contributed by atoms with Crippen molar-refractivity contribution in [3.8, 4) is 0 Å². The van der Waals surface area contributed by atoms with Gasteiger partial charge in [0.05, 0.1) is 0 Å². The number of carboxylic acid groups (broad SMARTS) is 1. The first-order chi connectivity index (χ1) is 3.65. The average Bonchev–Trinajstić information content (AvgIpc) is 1.65. The lowest BCUT2D eigenvalue weighted by Gasteiger charge is -1.77. The quantitative estimate of drug-likeness (QED) is 0.324. The molecule has 4 heteroatoms. The summed E-state index contributed by atoms with van der Waals surface area (Å²) >= 11 is 0. The highest BCUT2D eigenvalue weighted by molar-refractivity contribution is 5.62. The highest BCUT2D eigenvalue weighted by Crippen LogP contribution is 1.42. The Bertz CT molecular complexity index is 50.0. The van der Waals surface area contributed by atoms with Crippen LogP contribution in [0.2, 0.25) is 0 Å². The summed E-state index contributed by atoms with van der Waals surface area (Å²) in [6.07, 6.45) is 0. The molecule has 0 unspecified atom stereocenters. The van der Waals surface area contributed by atoms with E-state index in [2.05, 4.69) is 5.43 Å². The Morgan fingerprint density at radius 1 is 1.88 bits per heavy atom. The van der Waals surface area contributed by atoms with Gasteiger partial charge in [-0.1, -0.05) is 6.92 Å². The summed E-state index contributed by atoms with van der Waals surface area (Å²) in [5.41, 5.74) is 2.43. The highest BCUT2D eigenvalue weighted by Gasteiger charge is 1.65. The van der Waals surface area contributed by atoms with Crippen LogP contribution in [0.1, 0.15) is 13.8 Å². The molecule has 0 saturated carbocycles. The highest BCUT2D eigenvalue weighted by atomic mass is 16.4. The van der Waals surface area contributed by atoms with Crippen LogP contribution in [0.25, 0.3) is 0 Å². The van der Waals surface area contributed by atoms with Gasteiger partial charge in [-0.2, -0.15) is 0 Å². The van der Waals surface area contributed by atoms with Gasteiger partial charge in [-0.05, 0) is 0 Å². The fourth-order valence-electron chi connectivity index (χ4n) is 0. The van der Waals surface area contributed by atoms with Crippen molar-refractivity contribution in [2.24, 2.45) is 5.84 Å². The Hall–Kier alpha value is -0.610. The largest absolute Gasteiger partial charge is 0.481 e. The van der Waals surface area contributed by atoms with E-state index in [0.717, 1.165) is 13.5 Å². The molecule has 0 atom stereocenters. The molecular weight excluding hydrogens is 108 g/mol. The summed E-state index contributed by atoms with van der Waals surface area (Å²) in [7, 11) is 0. The summed E-state index contributed by atoms with van der Waals surface area (Å²) in [6.45, 7) is 3.88. The summed E-state index contributed by atoms with van der Waals surface area (Å²) in [4.78, 5) is 9.00. The maximum Gasteiger partial charge on any atom is 0.300 e. The molecule has 0 spiro atoms. The van der Waals surface area contributed by atoms with Crippen LogP contribution in [0.5, 0.6) is 0 Å². The van der Waals surface area contributed by atoms with E-state index in [-0.39, 0.29) is 0 Å². The predicted octanol–water partition coefficient (Wildman–Crippen LogP) is -0.439. The average molecular weight is 120 g/mol. The van der Waals surface area contributed by atoms with Crippen molar-refractivity contribution < 1.29 is 9.90 Å². The smallest absolute Gasteiger partial charge is 0.300 e. The fraction of sp³-hybridized carbons (Fsp3) is 0.750. The molecule has 0 radical (unpaired) electrons. The number of nitrogens with one attached hydrogen (secondary N) is 1. The minimum Gasteiger partial charge on any atom is -0.481 e. The molecule has 8 heavy (non-hydrogen) atoms. The number of carboxylic acids is 1. The lowest BCUT2D eigenvalue weighted by Crippen LogP contribution is -2.20. The van der Waals surface area contributed by atoms with Gasteiger partial charge in [0.2, 0.25) is 0 Å². The van der Waals surface area contributed by atoms with Gasteiger partial charge in [0.15, 0.2) is 0 Å². The molecule has 0 aliphatic rings. The molecule has 0 aliphatic carbocycles. The molecule has 4 N–H and O–H groups in total. The molecule has 0 saturated heterocycles. The zero-order valence-corrected chi connectivity index (χ0v) is 5.14. The van der Waals surface area contributed by atoms with E-state index in [0.29, 0.717) is 0 Å². The number of carbonyl (C=O) groups is 1. The number of aliphatic carboxylic acids is 1. The lowest BCUT2D eigenvalue weighted by molar-refractivity contribution is -0.134. The van der Waals surface area contributed by atoms with Gasteiger partial charge in [-0.25, -0.2) is 0 Å².